The van der Waals surface area contributed by atoms with Crippen molar-refractivity contribution in [1.29, 1.82) is 0 Å². The third-order valence-electron chi connectivity index (χ3n) is 3.84. The molecule has 0 saturated heterocycles. The van der Waals surface area contributed by atoms with Gasteiger partial charge in [0.05, 0.1) is 5.60 Å². The van der Waals surface area contributed by atoms with Gasteiger partial charge < -0.3 is 5.11 Å². The van der Waals surface area contributed by atoms with Gasteiger partial charge in [0.1, 0.15) is 0 Å². The summed E-state index contributed by atoms with van der Waals surface area (Å²) in [4.78, 5) is 0. The first kappa shape index (κ1) is 12.0. The molecule has 1 fully saturated rings. The van der Waals surface area contributed by atoms with Crippen LogP contribution in [-0.4, -0.2) is 10.7 Å². The average molecular weight is 198 g/mol. The maximum absolute atomic E-state index is 10.4. The summed E-state index contributed by atoms with van der Waals surface area (Å²) >= 11 is 0. The summed E-state index contributed by atoms with van der Waals surface area (Å²) in [7, 11) is 0. The summed E-state index contributed by atoms with van der Waals surface area (Å²) in [6.45, 7) is 8.85. The van der Waals surface area contributed by atoms with Crippen LogP contribution in [0.1, 0.15) is 66.2 Å². The fraction of sp³-hybridized carbons (Fsp3) is 1.00. The largest absolute Gasteiger partial charge is 0.390 e. The van der Waals surface area contributed by atoms with Crippen molar-refractivity contribution < 1.29 is 5.11 Å². The summed E-state index contributed by atoms with van der Waals surface area (Å²) in [5, 5.41) is 10.4. The maximum atomic E-state index is 10.4. The fourth-order valence-electron chi connectivity index (χ4n) is 2.94. The lowest BCUT2D eigenvalue weighted by Crippen LogP contribution is -2.39. The second-order valence-corrected chi connectivity index (χ2v) is 6.06. The number of aliphatic hydroxyl groups is 1. The van der Waals surface area contributed by atoms with Crippen molar-refractivity contribution >= 4 is 0 Å². The van der Waals surface area contributed by atoms with Crippen LogP contribution in [0, 0.1) is 11.3 Å². The van der Waals surface area contributed by atoms with Gasteiger partial charge in [0.15, 0.2) is 0 Å². The topological polar surface area (TPSA) is 20.2 Å². The maximum Gasteiger partial charge on any atom is 0.0647 e. The molecule has 0 aromatic carbocycles. The van der Waals surface area contributed by atoms with Gasteiger partial charge in [0.2, 0.25) is 0 Å². The molecule has 1 aliphatic carbocycles. The molecular weight excluding hydrogens is 172 g/mol. The van der Waals surface area contributed by atoms with Crippen LogP contribution in [0.25, 0.3) is 0 Å². The number of rotatable bonds is 3. The second-order valence-electron chi connectivity index (χ2n) is 6.06. The molecule has 0 aromatic heterocycles. The van der Waals surface area contributed by atoms with Gasteiger partial charge >= 0.3 is 0 Å². The van der Waals surface area contributed by atoms with Gasteiger partial charge in [-0.15, -0.1) is 0 Å². The van der Waals surface area contributed by atoms with Crippen LogP contribution >= 0.6 is 0 Å². The fourth-order valence-corrected chi connectivity index (χ4v) is 2.94. The lowest BCUT2D eigenvalue weighted by atomic mass is 9.66. The highest BCUT2D eigenvalue weighted by atomic mass is 16.3. The predicted molar refractivity (Wildman–Crippen MR) is 61.3 cm³/mol. The highest BCUT2D eigenvalue weighted by Crippen LogP contribution is 2.43. The molecule has 14 heavy (non-hydrogen) atoms. The summed E-state index contributed by atoms with van der Waals surface area (Å²) in [5.41, 5.74) is 0.0209. The molecule has 0 spiro atoms. The van der Waals surface area contributed by atoms with Gasteiger partial charge in [-0.3, -0.25) is 0 Å². The number of hydrogen-bond donors (Lipinski definition) is 1. The van der Waals surface area contributed by atoms with Crippen molar-refractivity contribution in [2.45, 2.75) is 71.8 Å². The minimum Gasteiger partial charge on any atom is -0.390 e. The molecule has 0 aromatic rings. The molecule has 2 unspecified atom stereocenters. The van der Waals surface area contributed by atoms with Gasteiger partial charge in [0, 0.05) is 0 Å². The average Bonchev–Trinajstić information content (AvgIpc) is 2.02. The van der Waals surface area contributed by atoms with Crippen molar-refractivity contribution in [2.24, 2.45) is 11.3 Å². The van der Waals surface area contributed by atoms with Crippen LogP contribution in [0.3, 0.4) is 0 Å². The zero-order valence-electron chi connectivity index (χ0n) is 10.3. The predicted octanol–water partition coefficient (Wildman–Crippen LogP) is 3.75. The van der Waals surface area contributed by atoms with Gasteiger partial charge in [0.25, 0.3) is 0 Å². The van der Waals surface area contributed by atoms with E-state index in [4.69, 9.17) is 0 Å². The van der Waals surface area contributed by atoms with Crippen LogP contribution < -0.4 is 0 Å². The van der Waals surface area contributed by atoms with Crippen molar-refractivity contribution in [1.82, 2.24) is 0 Å². The van der Waals surface area contributed by atoms with Crippen molar-refractivity contribution in [3.63, 3.8) is 0 Å². The molecule has 0 bridgehead atoms. The Morgan fingerprint density at radius 3 is 2.57 bits per heavy atom. The second kappa shape index (κ2) is 4.22. The first-order valence-corrected chi connectivity index (χ1v) is 6.10. The smallest absolute Gasteiger partial charge is 0.0647 e. The van der Waals surface area contributed by atoms with E-state index >= 15 is 0 Å². The Morgan fingerprint density at radius 2 is 2.07 bits per heavy atom. The summed E-state index contributed by atoms with van der Waals surface area (Å²) in [5.74, 6) is 0.520. The lowest BCUT2D eigenvalue weighted by molar-refractivity contribution is -0.0442. The Morgan fingerprint density at radius 1 is 1.43 bits per heavy atom. The Hall–Kier alpha value is -0.0400. The van der Waals surface area contributed by atoms with Crippen LogP contribution in [0.4, 0.5) is 0 Å². The van der Waals surface area contributed by atoms with E-state index in [1.165, 1.54) is 25.7 Å². The Kier molecular flexibility index (Phi) is 3.63. The highest BCUT2D eigenvalue weighted by Gasteiger charge is 2.37. The van der Waals surface area contributed by atoms with E-state index in [9.17, 15) is 5.11 Å². The molecule has 1 N–H and O–H groups in total. The summed E-state index contributed by atoms with van der Waals surface area (Å²) in [6.07, 6.45) is 7.07. The van der Waals surface area contributed by atoms with Crippen molar-refractivity contribution in [2.75, 3.05) is 0 Å². The first-order valence-electron chi connectivity index (χ1n) is 6.10. The molecule has 84 valence electrons. The normalized spacial score (nSPS) is 31.1. The van der Waals surface area contributed by atoms with Crippen LogP contribution in [-0.2, 0) is 0 Å². The van der Waals surface area contributed by atoms with Crippen LogP contribution in [0.5, 0.6) is 0 Å². The standard InChI is InChI=1S/C13H26O/c1-5-8-13(4,14)11-7-6-9-12(2,3)10-11/h11,14H,5-10H2,1-4H3. The molecule has 1 nitrogen and oxygen atoms in total. The van der Waals surface area contributed by atoms with Gasteiger partial charge in [-0.2, -0.15) is 0 Å². The quantitative estimate of drug-likeness (QED) is 0.732. The van der Waals surface area contributed by atoms with Crippen molar-refractivity contribution in [3.8, 4) is 0 Å². The van der Waals surface area contributed by atoms with E-state index in [-0.39, 0.29) is 0 Å². The summed E-state index contributed by atoms with van der Waals surface area (Å²) in [6, 6.07) is 0. The Balaban J connectivity index is 2.59. The lowest BCUT2D eigenvalue weighted by Gasteiger charge is -2.42. The number of hydrogen-bond acceptors (Lipinski definition) is 1. The molecule has 0 radical (unpaired) electrons. The summed E-state index contributed by atoms with van der Waals surface area (Å²) < 4.78 is 0. The molecule has 0 amide bonds. The molecule has 1 saturated carbocycles. The Labute approximate surface area is 88.9 Å². The molecule has 1 rings (SSSR count). The van der Waals surface area contributed by atoms with Gasteiger partial charge in [-0.25, -0.2) is 0 Å². The third-order valence-corrected chi connectivity index (χ3v) is 3.84. The van der Waals surface area contributed by atoms with Crippen LogP contribution in [0.2, 0.25) is 0 Å². The molecule has 1 aliphatic rings. The minimum atomic E-state index is -0.424. The molecule has 0 heterocycles. The van der Waals surface area contributed by atoms with E-state index in [1.54, 1.807) is 0 Å². The minimum absolute atomic E-state index is 0.424. The molecular formula is C13H26O. The zero-order valence-corrected chi connectivity index (χ0v) is 10.3. The first-order chi connectivity index (χ1) is 6.37. The molecule has 0 aliphatic heterocycles. The highest BCUT2D eigenvalue weighted by molar-refractivity contribution is 4.89. The van der Waals surface area contributed by atoms with Gasteiger partial charge in [-0.05, 0) is 43.9 Å². The van der Waals surface area contributed by atoms with E-state index in [1.807, 2.05) is 6.92 Å². The van der Waals surface area contributed by atoms with E-state index in [0.717, 1.165) is 12.8 Å². The SMILES string of the molecule is CCCC(C)(O)C1CCCC(C)(C)C1. The molecule has 1 heteroatoms. The van der Waals surface area contributed by atoms with E-state index in [0.29, 0.717) is 11.3 Å². The van der Waals surface area contributed by atoms with Crippen LogP contribution in [0.15, 0.2) is 0 Å². The monoisotopic (exact) mass is 198 g/mol. The Bertz CT molecular complexity index is 182. The van der Waals surface area contributed by atoms with E-state index < -0.39 is 5.60 Å². The van der Waals surface area contributed by atoms with Gasteiger partial charge in [-0.1, -0.05) is 33.6 Å². The zero-order chi connectivity index (χ0) is 10.8. The van der Waals surface area contributed by atoms with Crippen molar-refractivity contribution in [3.05, 3.63) is 0 Å². The third kappa shape index (κ3) is 2.98. The molecule has 2 atom stereocenters. The van der Waals surface area contributed by atoms with E-state index in [2.05, 4.69) is 20.8 Å².